The van der Waals surface area contributed by atoms with E-state index in [0.717, 1.165) is 19.4 Å². The Hall–Kier alpha value is -1.42. The lowest BCUT2D eigenvalue weighted by molar-refractivity contribution is 0.544. The molecule has 1 atom stereocenters. The summed E-state index contributed by atoms with van der Waals surface area (Å²) in [5.41, 5.74) is 1.39. The van der Waals surface area contributed by atoms with Crippen LogP contribution in [0.2, 0.25) is 0 Å². The monoisotopic (exact) mass is 313 g/mol. The van der Waals surface area contributed by atoms with Gasteiger partial charge in [-0.15, -0.1) is 22.7 Å². The van der Waals surface area contributed by atoms with Crippen molar-refractivity contribution in [2.75, 3.05) is 6.54 Å². The molecule has 0 aliphatic rings. The van der Waals surface area contributed by atoms with Crippen molar-refractivity contribution in [3.8, 4) is 0 Å². The molecular formula is C18H19NS2. The molecule has 0 aliphatic carbocycles. The maximum absolute atomic E-state index is 3.73. The van der Waals surface area contributed by atoms with Gasteiger partial charge in [0, 0.05) is 22.2 Å². The van der Waals surface area contributed by atoms with Gasteiger partial charge in [0.1, 0.15) is 0 Å². The van der Waals surface area contributed by atoms with E-state index in [0.29, 0.717) is 6.04 Å². The van der Waals surface area contributed by atoms with E-state index in [-0.39, 0.29) is 0 Å². The second-order valence-corrected chi connectivity index (χ2v) is 7.05. The van der Waals surface area contributed by atoms with Crippen LogP contribution >= 0.6 is 22.7 Å². The van der Waals surface area contributed by atoms with Crippen LogP contribution in [0.15, 0.2) is 65.4 Å². The number of rotatable bonds is 7. The Morgan fingerprint density at radius 3 is 2.38 bits per heavy atom. The summed E-state index contributed by atoms with van der Waals surface area (Å²) in [4.78, 5) is 2.87. The average molecular weight is 313 g/mol. The molecule has 1 aromatic carbocycles. The van der Waals surface area contributed by atoms with Gasteiger partial charge in [0.2, 0.25) is 0 Å². The number of thiophene rings is 2. The highest BCUT2D eigenvalue weighted by molar-refractivity contribution is 7.10. The van der Waals surface area contributed by atoms with Crippen LogP contribution in [-0.4, -0.2) is 6.54 Å². The first-order valence-electron chi connectivity index (χ1n) is 7.25. The van der Waals surface area contributed by atoms with E-state index in [4.69, 9.17) is 0 Å². The molecule has 0 bridgehead atoms. The third kappa shape index (κ3) is 4.27. The standard InChI is InChI=1S/C18H19NS2/c1-2-6-15(7-3-1)10-11-19-17(18-9-5-13-21-18)14-16-8-4-12-20-16/h1-9,12-13,17,19H,10-11,14H2. The first-order chi connectivity index (χ1) is 10.4. The zero-order chi connectivity index (χ0) is 14.3. The molecule has 2 aromatic heterocycles. The summed E-state index contributed by atoms with van der Waals surface area (Å²) in [6.07, 6.45) is 2.15. The molecule has 3 aromatic rings. The lowest BCUT2D eigenvalue weighted by Crippen LogP contribution is -2.24. The maximum atomic E-state index is 3.73. The van der Waals surface area contributed by atoms with Crippen molar-refractivity contribution in [3.63, 3.8) is 0 Å². The Morgan fingerprint density at radius 1 is 0.857 bits per heavy atom. The molecular weight excluding hydrogens is 294 g/mol. The molecule has 0 amide bonds. The fourth-order valence-electron chi connectivity index (χ4n) is 2.43. The lowest BCUT2D eigenvalue weighted by atomic mass is 10.1. The Labute approximate surface area is 134 Å². The van der Waals surface area contributed by atoms with Crippen LogP contribution in [0, 0.1) is 0 Å². The summed E-state index contributed by atoms with van der Waals surface area (Å²) in [6.45, 7) is 1.01. The molecule has 1 N–H and O–H groups in total. The molecule has 0 radical (unpaired) electrons. The number of hydrogen-bond donors (Lipinski definition) is 1. The van der Waals surface area contributed by atoms with Gasteiger partial charge < -0.3 is 5.32 Å². The molecule has 3 heteroatoms. The molecule has 0 fully saturated rings. The van der Waals surface area contributed by atoms with E-state index in [2.05, 4.69) is 70.7 Å². The summed E-state index contributed by atoms with van der Waals surface area (Å²) < 4.78 is 0. The molecule has 2 heterocycles. The molecule has 0 saturated heterocycles. The van der Waals surface area contributed by atoms with Crippen LogP contribution in [-0.2, 0) is 12.8 Å². The van der Waals surface area contributed by atoms with Crippen LogP contribution in [0.4, 0.5) is 0 Å². The van der Waals surface area contributed by atoms with Crippen molar-refractivity contribution >= 4 is 22.7 Å². The summed E-state index contributed by atoms with van der Waals surface area (Å²) in [7, 11) is 0. The van der Waals surface area contributed by atoms with E-state index in [1.165, 1.54) is 15.3 Å². The molecule has 108 valence electrons. The first kappa shape index (κ1) is 14.5. The van der Waals surface area contributed by atoms with Crippen LogP contribution < -0.4 is 5.32 Å². The smallest absolute Gasteiger partial charge is 0.0463 e. The van der Waals surface area contributed by atoms with Gasteiger partial charge in [-0.1, -0.05) is 42.5 Å². The molecule has 1 unspecified atom stereocenters. The van der Waals surface area contributed by atoms with Gasteiger partial charge in [-0.2, -0.15) is 0 Å². The minimum absolute atomic E-state index is 0.423. The van der Waals surface area contributed by atoms with Crippen LogP contribution in [0.25, 0.3) is 0 Å². The highest BCUT2D eigenvalue weighted by atomic mass is 32.1. The van der Waals surface area contributed by atoms with Gasteiger partial charge >= 0.3 is 0 Å². The third-order valence-corrected chi connectivity index (χ3v) is 5.40. The van der Waals surface area contributed by atoms with E-state index in [1.54, 1.807) is 0 Å². The van der Waals surface area contributed by atoms with Gasteiger partial charge in [-0.25, -0.2) is 0 Å². The van der Waals surface area contributed by atoms with E-state index in [9.17, 15) is 0 Å². The maximum Gasteiger partial charge on any atom is 0.0463 e. The summed E-state index contributed by atoms with van der Waals surface area (Å²) >= 11 is 3.68. The largest absolute Gasteiger partial charge is 0.309 e. The quantitative estimate of drug-likeness (QED) is 0.652. The second-order valence-electron chi connectivity index (χ2n) is 5.04. The Kier molecular flexibility index (Phi) is 5.22. The van der Waals surface area contributed by atoms with Crippen LogP contribution in [0.5, 0.6) is 0 Å². The van der Waals surface area contributed by atoms with E-state index < -0.39 is 0 Å². The van der Waals surface area contributed by atoms with Crippen molar-refractivity contribution in [1.82, 2.24) is 5.32 Å². The fourth-order valence-corrected chi connectivity index (χ4v) is 3.98. The summed E-state index contributed by atoms with van der Waals surface area (Å²) in [6, 6.07) is 19.8. The Balaban J connectivity index is 1.60. The molecule has 21 heavy (non-hydrogen) atoms. The first-order valence-corrected chi connectivity index (χ1v) is 9.01. The predicted octanol–water partition coefficient (Wildman–Crippen LogP) is 4.93. The molecule has 3 rings (SSSR count). The van der Waals surface area contributed by atoms with Gasteiger partial charge in [0.15, 0.2) is 0 Å². The number of benzene rings is 1. The van der Waals surface area contributed by atoms with Gasteiger partial charge in [0.25, 0.3) is 0 Å². The SMILES string of the molecule is c1ccc(CCNC(Cc2cccs2)c2cccs2)cc1. The van der Waals surface area contributed by atoms with E-state index >= 15 is 0 Å². The Bertz CT molecular complexity index is 615. The minimum Gasteiger partial charge on any atom is -0.309 e. The number of hydrogen-bond acceptors (Lipinski definition) is 3. The zero-order valence-corrected chi connectivity index (χ0v) is 13.5. The minimum atomic E-state index is 0.423. The second kappa shape index (κ2) is 7.55. The molecule has 0 saturated carbocycles. The molecule has 0 spiro atoms. The van der Waals surface area contributed by atoms with Crippen LogP contribution in [0.3, 0.4) is 0 Å². The highest BCUT2D eigenvalue weighted by Gasteiger charge is 2.13. The average Bonchev–Trinajstić information content (AvgIpc) is 3.21. The van der Waals surface area contributed by atoms with Crippen LogP contribution in [0.1, 0.15) is 21.4 Å². The molecule has 0 aliphatic heterocycles. The summed E-state index contributed by atoms with van der Waals surface area (Å²) in [5.74, 6) is 0. The third-order valence-electron chi connectivity index (χ3n) is 3.52. The number of nitrogens with one attached hydrogen (secondary N) is 1. The normalized spacial score (nSPS) is 12.4. The van der Waals surface area contributed by atoms with Gasteiger partial charge in [-0.3, -0.25) is 0 Å². The Morgan fingerprint density at radius 2 is 1.67 bits per heavy atom. The topological polar surface area (TPSA) is 12.0 Å². The molecule has 1 nitrogen and oxygen atoms in total. The lowest BCUT2D eigenvalue weighted by Gasteiger charge is -2.17. The van der Waals surface area contributed by atoms with Crippen molar-refractivity contribution in [1.29, 1.82) is 0 Å². The summed E-state index contributed by atoms with van der Waals surface area (Å²) in [5, 5.41) is 8.05. The van der Waals surface area contributed by atoms with Crippen molar-refractivity contribution in [2.45, 2.75) is 18.9 Å². The van der Waals surface area contributed by atoms with Gasteiger partial charge in [0.05, 0.1) is 0 Å². The van der Waals surface area contributed by atoms with E-state index in [1.807, 2.05) is 22.7 Å². The van der Waals surface area contributed by atoms with Crippen molar-refractivity contribution < 1.29 is 0 Å². The van der Waals surface area contributed by atoms with Crippen molar-refractivity contribution in [2.24, 2.45) is 0 Å². The predicted molar refractivity (Wildman–Crippen MR) is 93.2 cm³/mol. The zero-order valence-electron chi connectivity index (χ0n) is 11.9. The van der Waals surface area contributed by atoms with Crippen molar-refractivity contribution in [3.05, 3.63) is 80.7 Å². The fraction of sp³-hybridized carbons (Fsp3) is 0.222. The van der Waals surface area contributed by atoms with Gasteiger partial charge in [-0.05, 0) is 41.4 Å². The highest BCUT2D eigenvalue weighted by Crippen LogP contribution is 2.24.